The molecule has 1 aromatic heterocycles. The smallest absolute Gasteiger partial charge is 0.239 e. The average molecular weight is 167 g/mol. The molecule has 0 saturated heterocycles. The molecule has 0 atom stereocenters. The summed E-state index contributed by atoms with van der Waals surface area (Å²) in [5.41, 5.74) is 5.99. The number of carbonyl (C=O) groups is 1. The van der Waals surface area contributed by atoms with Gasteiger partial charge < -0.3 is 5.73 Å². The van der Waals surface area contributed by atoms with Gasteiger partial charge in [0.25, 0.3) is 0 Å². The molecule has 0 bridgehead atoms. The van der Waals surface area contributed by atoms with Gasteiger partial charge in [-0.3, -0.25) is 9.48 Å². The molecule has 0 saturated carbocycles. The highest BCUT2D eigenvalue weighted by atomic mass is 16.1. The van der Waals surface area contributed by atoms with Gasteiger partial charge in [-0.05, 0) is 12.0 Å². The summed E-state index contributed by atoms with van der Waals surface area (Å²) in [5.74, 6) is 0.0209. The van der Waals surface area contributed by atoms with E-state index in [-0.39, 0.29) is 12.5 Å². The summed E-state index contributed by atoms with van der Waals surface area (Å²) in [7, 11) is 0. The number of nitrogens with zero attached hydrogens (tertiary/aromatic N) is 2. The van der Waals surface area contributed by atoms with Crippen molar-refractivity contribution in [1.29, 1.82) is 0 Å². The third kappa shape index (κ3) is 2.08. The summed E-state index contributed by atoms with van der Waals surface area (Å²) in [4.78, 5) is 10.5. The van der Waals surface area contributed by atoms with E-state index in [9.17, 15) is 4.79 Å². The Labute approximate surface area is 71.4 Å². The molecule has 0 fully saturated rings. The van der Waals surface area contributed by atoms with E-state index in [2.05, 4.69) is 18.9 Å². The van der Waals surface area contributed by atoms with Crippen molar-refractivity contribution in [2.75, 3.05) is 0 Å². The van der Waals surface area contributed by atoms with Crippen LogP contribution < -0.4 is 5.73 Å². The van der Waals surface area contributed by atoms with Gasteiger partial charge >= 0.3 is 0 Å². The first-order chi connectivity index (χ1) is 5.59. The summed E-state index contributed by atoms with van der Waals surface area (Å²) in [5, 5.41) is 4.17. The second kappa shape index (κ2) is 3.38. The molecule has 2 N–H and O–H groups in total. The average Bonchev–Trinajstić information content (AvgIpc) is 2.34. The molecule has 0 spiro atoms. The highest BCUT2D eigenvalue weighted by molar-refractivity contribution is 5.73. The Bertz CT molecular complexity index is 278. The molecule has 0 radical (unpaired) electrons. The fourth-order valence-electron chi connectivity index (χ4n) is 0.933. The first-order valence-corrected chi connectivity index (χ1v) is 3.91. The van der Waals surface area contributed by atoms with Crippen molar-refractivity contribution < 1.29 is 4.79 Å². The van der Waals surface area contributed by atoms with Gasteiger partial charge in [-0.15, -0.1) is 0 Å². The lowest BCUT2D eigenvalue weighted by molar-refractivity contribution is -0.118. The van der Waals surface area contributed by atoms with Crippen molar-refractivity contribution in [1.82, 2.24) is 9.78 Å². The van der Waals surface area contributed by atoms with E-state index >= 15 is 0 Å². The van der Waals surface area contributed by atoms with Crippen molar-refractivity contribution in [3.8, 4) is 0 Å². The van der Waals surface area contributed by atoms with Gasteiger partial charge in [0.2, 0.25) is 5.91 Å². The van der Waals surface area contributed by atoms with Gasteiger partial charge in [0.1, 0.15) is 6.54 Å². The highest BCUT2D eigenvalue weighted by Crippen LogP contribution is 2.09. The van der Waals surface area contributed by atoms with Crippen molar-refractivity contribution in [3.05, 3.63) is 18.0 Å². The minimum absolute atomic E-state index is 0.159. The fraction of sp³-hybridized carbons (Fsp3) is 0.500. The predicted molar refractivity (Wildman–Crippen MR) is 45.5 cm³/mol. The number of primary amides is 1. The maximum atomic E-state index is 10.5. The predicted octanol–water partition coefficient (Wildman–Crippen LogP) is 0.492. The lowest BCUT2D eigenvalue weighted by Crippen LogP contribution is -2.19. The third-order valence-electron chi connectivity index (χ3n) is 1.57. The van der Waals surface area contributed by atoms with Crippen LogP contribution in [0.1, 0.15) is 25.5 Å². The molecular formula is C8H13N3O. The molecule has 0 aliphatic rings. The third-order valence-corrected chi connectivity index (χ3v) is 1.57. The van der Waals surface area contributed by atoms with Crippen molar-refractivity contribution in [3.63, 3.8) is 0 Å². The van der Waals surface area contributed by atoms with Crippen molar-refractivity contribution in [2.45, 2.75) is 26.3 Å². The highest BCUT2D eigenvalue weighted by Gasteiger charge is 2.03. The monoisotopic (exact) mass is 167 g/mol. The van der Waals surface area contributed by atoms with Crippen molar-refractivity contribution in [2.24, 2.45) is 5.73 Å². The second-order valence-corrected chi connectivity index (χ2v) is 3.06. The van der Waals surface area contributed by atoms with Crippen LogP contribution in [0.3, 0.4) is 0 Å². The Balaban J connectivity index is 2.70. The number of carbonyl (C=O) groups excluding carboxylic acids is 1. The lowest BCUT2D eigenvalue weighted by atomic mass is 10.1. The second-order valence-electron chi connectivity index (χ2n) is 3.06. The fourth-order valence-corrected chi connectivity index (χ4v) is 0.933. The van der Waals surface area contributed by atoms with Crippen LogP contribution in [0, 0.1) is 0 Å². The van der Waals surface area contributed by atoms with Gasteiger partial charge in [-0.2, -0.15) is 5.10 Å². The topological polar surface area (TPSA) is 60.9 Å². The van der Waals surface area contributed by atoms with E-state index in [0.29, 0.717) is 5.92 Å². The van der Waals surface area contributed by atoms with E-state index in [4.69, 9.17) is 5.73 Å². The molecule has 1 amide bonds. The summed E-state index contributed by atoms with van der Waals surface area (Å²) >= 11 is 0. The van der Waals surface area contributed by atoms with Gasteiger partial charge in [0.05, 0.1) is 5.69 Å². The van der Waals surface area contributed by atoms with Gasteiger partial charge in [0.15, 0.2) is 0 Å². The van der Waals surface area contributed by atoms with Gasteiger partial charge in [-0.25, -0.2) is 0 Å². The van der Waals surface area contributed by atoms with E-state index in [1.807, 2.05) is 6.07 Å². The molecule has 0 unspecified atom stereocenters. The van der Waals surface area contributed by atoms with E-state index in [1.165, 1.54) is 0 Å². The zero-order valence-corrected chi connectivity index (χ0v) is 7.32. The number of nitrogens with two attached hydrogens (primary N) is 1. The quantitative estimate of drug-likeness (QED) is 0.712. The summed E-state index contributed by atoms with van der Waals surface area (Å²) < 4.78 is 1.55. The minimum Gasteiger partial charge on any atom is -0.368 e. The maximum absolute atomic E-state index is 10.5. The van der Waals surface area contributed by atoms with Crippen LogP contribution in [0.4, 0.5) is 0 Å². The van der Waals surface area contributed by atoms with Crippen LogP contribution in [0.25, 0.3) is 0 Å². The standard InChI is InChI=1S/C8H13N3O/c1-6(2)7-3-4-11(10-7)5-8(9)12/h3-4,6H,5H2,1-2H3,(H2,9,12). The molecule has 12 heavy (non-hydrogen) atoms. The lowest BCUT2D eigenvalue weighted by Gasteiger charge is -1.98. The minimum atomic E-state index is -0.367. The Morgan fingerprint density at radius 2 is 2.42 bits per heavy atom. The van der Waals surface area contributed by atoms with Crippen LogP contribution in [0.2, 0.25) is 0 Å². The summed E-state index contributed by atoms with van der Waals surface area (Å²) in [6, 6.07) is 1.90. The zero-order valence-electron chi connectivity index (χ0n) is 7.32. The van der Waals surface area contributed by atoms with E-state index < -0.39 is 0 Å². The number of aromatic nitrogens is 2. The Kier molecular flexibility index (Phi) is 2.47. The Morgan fingerprint density at radius 1 is 1.75 bits per heavy atom. The number of amides is 1. The molecule has 4 nitrogen and oxygen atoms in total. The molecule has 0 aliphatic carbocycles. The zero-order chi connectivity index (χ0) is 9.14. The Morgan fingerprint density at radius 3 is 2.83 bits per heavy atom. The van der Waals surface area contributed by atoms with Crippen LogP contribution >= 0.6 is 0 Å². The van der Waals surface area contributed by atoms with E-state index in [0.717, 1.165) is 5.69 Å². The number of hydrogen-bond donors (Lipinski definition) is 1. The van der Waals surface area contributed by atoms with E-state index in [1.54, 1.807) is 10.9 Å². The summed E-state index contributed by atoms with van der Waals surface area (Å²) in [6.45, 7) is 4.26. The molecule has 1 rings (SSSR count). The van der Waals surface area contributed by atoms with Crippen LogP contribution in [0.15, 0.2) is 12.3 Å². The van der Waals surface area contributed by atoms with Gasteiger partial charge in [-0.1, -0.05) is 13.8 Å². The molecule has 1 aromatic rings. The molecule has 4 heteroatoms. The van der Waals surface area contributed by atoms with Gasteiger partial charge in [0, 0.05) is 6.20 Å². The maximum Gasteiger partial charge on any atom is 0.239 e. The number of rotatable bonds is 3. The largest absolute Gasteiger partial charge is 0.368 e. The molecule has 0 aromatic carbocycles. The molecule has 66 valence electrons. The first-order valence-electron chi connectivity index (χ1n) is 3.91. The molecular weight excluding hydrogens is 154 g/mol. The Hall–Kier alpha value is -1.32. The van der Waals surface area contributed by atoms with Crippen LogP contribution in [0.5, 0.6) is 0 Å². The van der Waals surface area contributed by atoms with Crippen molar-refractivity contribution >= 4 is 5.91 Å². The van der Waals surface area contributed by atoms with Crippen LogP contribution in [-0.4, -0.2) is 15.7 Å². The normalized spacial score (nSPS) is 10.6. The van der Waals surface area contributed by atoms with Crippen LogP contribution in [-0.2, 0) is 11.3 Å². The number of hydrogen-bond acceptors (Lipinski definition) is 2. The first kappa shape index (κ1) is 8.77. The molecule has 1 heterocycles. The summed E-state index contributed by atoms with van der Waals surface area (Å²) in [6.07, 6.45) is 1.76. The molecule has 0 aliphatic heterocycles. The SMILES string of the molecule is CC(C)c1ccn(CC(N)=O)n1.